The van der Waals surface area contributed by atoms with Crippen molar-refractivity contribution in [2.24, 2.45) is 10.9 Å². The molecule has 0 bridgehead atoms. The van der Waals surface area contributed by atoms with Crippen LogP contribution in [0, 0.1) is 4.91 Å². The van der Waals surface area contributed by atoms with Gasteiger partial charge in [-0.1, -0.05) is 18.0 Å². The minimum Gasteiger partial charge on any atom is -0.330 e. The molecule has 3 heteroatoms. The summed E-state index contributed by atoms with van der Waals surface area (Å²) in [4.78, 5) is 9.89. The van der Waals surface area contributed by atoms with E-state index in [1.807, 2.05) is 6.92 Å². The second-order valence-corrected chi connectivity index (χ2v) is 2.59. The van der Waals surface area contributed by atoms with Gasteiger partial charge in [-0.3, -0.25) is 0 Å². The van der Waals surface area contributed by atoms with E-state index < -0.39 is 0 Å². The van der Waals surface area contributed by atoms with Crippen LogP contribution < -0.4 is 5.73 Å². The Labute approximate surface area is 62.0 Å². The van der Waals surface area contributed by atoms with Gasteiger partial charge in [0.1, 0.15) is 0 Å². The molecule has 60 valence electrons. The van der Waals surface area contributed by atoms with Crippen molar-refractivity contribution in [3.63, 3.8) is 0 Å². The quantitative estimate of drug-likeness (QED) is 0.455. The van der Waals surface area contributed by atoms with E-state index in [4.69, 9.17) is 5.73 Å². The van der Waals surface area contributed by atoms with Crippen LogP contribution in [0.3, 0.4) is 0 Å². The van der Waals surface area contributed by atoms with Gasteiger partial charge in [0.25, 0.3) is 0 Å². The molecule has 0 aliphatic heterocycles. The van der Waals surface area contributed by atoms with Crippen LogP contribution in [0.15, 0.2) is 5.18 Å². The van der Waals surface area contributed by atoms with E-state index in [0.717, 1.165) is 32.2 Å². The summed E-state index contributed by atoms with van der Waals surface area (Å²) in [6.45, 7) is 2.60. The van der Waals surface area contributed by atoms with Crippen LogP contribution in [0.1, 0.15) is 32.6 Å². The van der Waals surface area contributed by atoms with E-state index in [0.29, 0.717) is 0 Å². The molecule has 0 spiro atoms. The van der Waals surface area contributed by atoms with Crippen LogP contribution in [0.25, 0.3) is 0 Å². The van der Waals surface area contributed by atoms with Gasteiger partial charge in [0.05, 0.1) is 6.04 Å². The van der Waals surface area contributed by atoms with Gasteiger partial charge in [-0.25, -0.2) is 0 Å². The minimum absolute atomic E-state index is 0.0159. The summed E-state index contributed by atoms with van der Waals surface area (Å²) in [5.41, 5.74) is 5.29. The number of hydrogen-bond donors (Lipinski definition) is 1. The van der Waals surface area contributed by atoms with Gasteiger partial charge in [-0.2, -0.15) is 4.91 Å². The van der Waals surface area contributed by atoms with E-state index in [1.54, 1.807) is 0 Å². The first kappa shape index (κ1) is 9.56. The molecule has 0 saturated heterocycles. The molecule has 0 aromatic carbocycles. The summed E-state index contributed by atoms with van der Waals surface area (Å²) < 4.78 is 0. The highest BCUT2D eigenvalue weighted by Crippen LogP contribution is 2.04. The predicted molar refractivity (Wildman–Crippen MR) is 42.8 cm³/mol. The highest BCUT2D eigenvalue weighted by Gasteiger charge is 1.98. The first-order chi connectivity index (χ1) is 4.81. The van der Waals surface area contributed by atoms with Gasteiger partial charge in [0.2, 0.25) is 0 Å². The molecule has 0 rings (SSSR count). The van der Waals surface area contributed by atoms with Crippen LogP contribution >= 0.6 is 0 Å². The Morgan fingerprint density at radius 1 is 1.40 bits per heavy atom. The fourth-order valence-electron chi connectivity index (χ4n) is 0.814. The van der Waals surface area contributed by atoms with Crippen molar-refractivity contribution in [2.45, 2.75) is 38.6 Å². The van der Waals surface area contributed by atoms with E-state index in [2.05, 4.69) is 5.18 Å². The molecule has 1 atom stereocenters. The van der Waals surface area contributed by atoms with Crippen molar-refractivity contribution in [3.05, 3.63) is 4.91 Å². The summed E-state index contributed by atoms with van der Waals surface area (Å²) in [7, 11) is 0. The SMILES string of the molecule is CC(CCCCCN)N=O. The van der Waals surface area contributed by atoms with Gasteiger partial charge >= 0.3 is 0 Å². The molecule has 0 aliphatic rings. The fraction of sp³-hybridized carbons (Fsp3) is 1.00. The topological polar surface area (TPSA) is 55.4 Å². The number of unbranched alkanes of at least 4 members (excludes halogenated alkanes) is 2. The van der Waals surface area contributed by atoms with Gasteiger partial charge in [-0.05, 0) is 26.3 Å². The lowest BCUT2D eigenvalue weighted by molar-refractivity contribution is 0.582. The van der Waals surface area contributed by atoms with E-state index in [1.165, 1.54) is 0 Å². The van der Waals surface area contributed by atoms with E-state index >= 15 is 0 Å². The van der Waals surface area contributed by atoms with Crippen molar-refractivity contribution in [3.8, 4) is 0 Å². The van der Waals surface area contributed by atoms with Crippen molar-refractivity contribution in [1.29, 1.82) is 0 Å². The zero-order valence-corrected chi connectivity index (χ0v) is 6.55. The molecule has 0 amide bonds. The van der Waals surface area contributed by atoms with E-state index in [9.17, 15) is 4.91 Å². The largest absolute Gasteiger partial charge is 0.330 e. The van der Waals surface area contributed by atoms with Crippen molar-refractivity contribution in [1.82, 2.24) is 0 Å². The summed E-state index contributed by atoms with van der Waals surface area (Å²) in [5, 5.41) is 2.90. The van der Waals surface area contributed by atoms with Gasteiger partial charge in [0, 0.05) is 0 Å². The first-order valence-electron chi connectivity index (χ1n) is 3.83. The summed E-state index contributed by atoms with van der Waals surface area (Å²) in [6, 6.07) is -0.0159. The maximum Gasteiger partial charge on any atom is 0.0891 e. The molecule has 2 N–H and O–H groups in total. The third-order valence-corrected chi connectivity index (χ3v) is 1.51. The second kappa shape index (κ2) is 6.68. The molecule has 0 radical (unpaired) electrons. The molecule has 0 aromatic rings. The molecular weight excluding hydrogens is 128 g/mol. The highest BCUT2D eigenvalue weighted by atomic mass is 16.3. The lowest BCUT2D eigenvalue weighted by Gasteiger charge is -2.00. The predicted octanol–water partition coefficient (Wildman–Crippen LogP) is 1.66. The van der Waals surface area contributed by atoms with Crippen LogP contribution in [0.2, 0.25) is 0 Å². The average Bonchev–Trinajstić information content (AvgIpc) is 1.98. The zero-order valence-electron chi connectivity index (χ0n) is 6.55. The Hall–Kier alpha value is -0.440. The average molecular weight is 144 g/mol. The lowest BCUT2D eigenvalue weighted by Crippen LogP contribution is -2.00. The molecule has 0 aliphatic carbocycles. The maximum absolute atomic E-state index is 9.89. The molecule has 1 unspecified atom stereocenters. The van der Waals surface area contributed by atoms with Crippen molar-refractivity contribution >= 4 is 0 Å². The Kier molecular flexibility index (Phi) is 6.38. The molecule has 3 nitrogen and oxygen atoms in total. The zero-order chi connectivity index (χ0) is 7.82. The summed E-state index contributed by atoms with van der Waals surface area (Å²) in [6.07, 6.45) is 4.16. The van der Waals surface area contributed by atoms with Gasteiger partial charge in [0.15, 0.2) is 0 Å². The Morgan fingerprint density at radius 3 is 2.60 bits per heavy atom. The minimum atomic E-state index is -0.0159. The number of rotatable bonds is 6. The van der Waals surface area contributed by atoms with Gasteiger partial charge in [-0.15, -0.1) is 0 Å². The maximum atomic E-state index is 9.89. The smallest absolute Gasteiger partial charge is 0.0891 e. The fourth-order valence-corrected chi connectivity index (χ4v) is 0.814. The lowest BCUT2D eigenvalue weighted by atomic mass is 10.1. The molecule has 0 saturated carbocycles. The van der Waals surface area contributed by atoms with E-state index in [-0.39, 0.29) is 6.04 Å². The standard InChI is InChI=1S/C7H16N2O/c1-7(9-10)5-3-2-4-6-8/h7H,2-6,8H2,1H3. The Morgan fingerprint density at radius 2 is 2.10 bits per heavy atom. The van der Waals surface area contributed by atoms with Gasteiger partial charge < -0.3 is 5.73 Å². The molecular formula is C7H16N2O. The number of hydrogen-bond acceptors (Lipinski definition) is 3. The summed E-state index contributed by atoms with van der Waals surface area (Å²) in [5.74, 6) is 0. The van der Waals surface area contributed by atoms with Crippen LogP contribution in [0.5, 0.6) is 0 Å². The third-order valence-electron chi connectivity index (χ3n) is 1.51. The molecule has 0 fully saturated rings. The number of nitrogens with zero attached hydrogens (tertiary/aromatic N) is 1. The molecule has 0 aromatic heterocycles. The number of nitroso groups, excluding NO2 is 1. The Bertz CT molecular complexity index is 85.7. The Balaban J connectivity index is 2.95. The molecule has 10 heavy (non-hydrogen) atoms. The van der Waals surface area contributed by atoms with Crippen molar-refractivity contribution in [2.75, 3.05) is 6.54 Å². The third kappa shape index (κ3) is 5.69. The first-order valence-corrected chi connectivity index (χ1v) is 3.83. The number of nitrogens with two attached hydrogens (primary N) is 1. The van der Waals surface area contributed by atoms with Crippen LogP contribution in [-0.2, 0) is 0 Å². The van der Waals surface area contributed by atoms with Crippen LogP contribution in [-0.4, -0.2) is 12.6 Å². The van der Waals surface area contributed by atoms with Crippen molar-refractivity contribution < 1.29 is 0 Å². The highest BCUT2D eigenvalue weighted by molar-refractivity contribution is 4.57. The summed E-state index contributed by atoms with van der Waals surface area (Å²) >= 11 is 0. The normalized spacial score (nSPS) is 13.0. The second-order valence-electron chi connectivity index (χ2n) is 2.59. The van der Waals surface area contributed by atoms with Crippen LogP contribution in [0.4, 0.5) is 0 Å². The monoisotopic (exact) mass is 144 g/mol. The molecule has 0 heterocycles.